The van der Waals surface area contributed by atoms with Crippen LogP contribution in [-0.2, 0) is 14.3 Å². The second-order valence-corrected chi connectivity index (χ2v) is 24.2. The van der Waals surface area contributed by atoms with Crippen molar-refractivity contribution in [2.75, 3.05) is 13.2 Å². The van der Waals surface area contributed by atoms with Gasteiger partial charge in [-0.3, -0.25) is 9.59 Å². The number of amides is 1. The Morgan fingerprint density at radius 2 is 0.610 bits per heavy atom. The number of nitrogens with one attached hydrogen (secondary N) is 1. The van der Waals surface area contributed by atoms with E-state index in [0.29, 0.717) is 19.4 Å². The van der Waals surface area contributed by atoms with Gasteiger partial charge in [0.15, 0.2) is 0 Å². The molecule has 6 heteroatoms. The Morgan fingerprint density at radius 1 is 0.351 bits per heavy atom. The van der Waals surface area contributed by atoms with Crippen molar-refractivity contribution < 1.29 is 24.5 Å². The molecule has 0 aromatic rings. The lowest BCUT2D eigenvalue weighted by molar-refractivity contribution is -0.143. The molecule has 0 aromatic carbocycles. The Labute approximate surface area is 481 Å². The molecule has 0 fully saturated rings. The minimum atomic E-state index is -0.854. The van der Waals surface area contributed by atoms with Crippen molar-refractivity contribution in [1.29, 1.82) is 0 Å². The molecule has 1 amide bonds. The van der Waals surface area contributed by atoms with E-state index in [1.807, 2.05) is 6.08 Å². The lowest BCUT2D eigenvalue weighted by Gasteiger charge is -2.20. The molecule has 2 atom stereocenters. The average Bonchev–Trinajstić information content (AvgIpc) is 3.43. The van der Waals surface area contributed by atoms with Crippen LogP contribution in [0.1, 0.15) is 393 Å². The number of rotatable bonds is 66. The molecule has 77 heavy (non-hydrogen) atoms. The number of aliphatic hydroxyl groups excluding tert-OH is 2. The van der Waals surface area contributed by atoms with E-state index in [1.165, 1.54) is 308 Å². The molecule has 2 unspecified atom stereocenters. The number of hydrogen-bond donors (Lipinski definition) is 3. The Balaban J connectivity index is 3.45. The van der Waals surface area contributed by atoms with Crippen molar-refractivity contribution in [3.05, 3.63) is 24.3 Å². The standard InChI is InChI=1S/C71H137NO5/c1-3-5-7-9-11-13-15-17-19-21-23-24-25-26-27-28-29-31-35-39-43-47-51-55-59-63-69(74)68(67-73)72-70(75)64-60-56-52-48-44-40-36-32-30-34-38-42-46-50-54-58-62-66-77-71(76)65-61-57-53-49-45-41-37-33-22-20-18-16-14-12-10-8-6-4-2/h30,34,59,63,68-69,73-74H,3-29,31-33,35-58,60-62,64-67H2,1-2H3,(H,72,75)/b34-30-,63-59+. The lowest BCUT2D eigenvalue weighted by atomic mass is 10.0. The van der Waals surface area contributed by atoms with E-state index < -0.39 is 12.1 Å². The first-order valence-electron chi connectivity index (χ1n) is 35.1. The predicted molar refractivity (Wildman–Crippen MR) is 338 cm³/mol. The van der Waals surface area contributed by atoms with Crippen molar-refractivity contribution >= 4 is 11.9 Å². The Bertz CT molecular complexity index is 1200. The van der Waals surface area contributed by atoms with E-state index in [9.17, 15) is 19.8 Å². The van der Waals surface area contributed by atoms with Crippen LogP contribution in [0.4, 0.5) is 0 Å². The average molecular weight is 1080 g/mol. The van der Waals surface area contributed by atoms with E-state index in [1.54, 1.807) is 6.08 Å². The minimum Gasteiger partial charge on any atom is -0.466 e. The highest BCUT2D eigenvalue weighted by Gasteiger charge is 2.18. The first-order chi connectivity index (χ1) is 38.0. The van der Waals surface area contributed by atoms with E-state index in [0.717, 1.165) is 57.8 Å². The second kappa shape index (κ2) is 66.8. The highest BCUT2D eigenvalue weighted by Crippen LogP contribution is 2.19. The summed E-state index contributed by atoms with van der Waals surface area (Å²) >= 11 is 0. The van der Waals surface area contributed by atoms with Gasteiger partial charge < -0.3 is 20.3 Å². The third-order valence-corrected chi connectivity index (χ3v) is 16.5. The van der Waals surface area contributed by atoms with E-state index in [-0.39, 0.29) is 18.5 Å². The summed E-state index contributed by atoms with van der Waals surface area (Å²) in [5.74, 6) is -0.0728. The van der Waals surface area contributed by atoms with Gasteiger partial charge in [-0.25, -0.2) is 0 Å². The van der Waals surface area contributed by atoms with E-state index >= 15 is 0 Å². The number of carbonyl (C=O) groups is 2. The molecule has 0 rings (SSSR count). The number of allylic oxidation sites excluding steroid dienone is 3. The molecule has 0 aliphatic rings. The molecule has 6 nitrogen and oxygen atoms in total. The van der Waals surface area contributed by atoms with Gasteiger partial charge in [0.2, 0.25) is 5.91 Å². The normalized spacial score (nSPS) is 12.6. The van der Waals surface area contributed by atoms with Crippen molar-refractivity contribution in [3.8, 4) is 0 Å². The third-order valence-electron chi connectivity index (χ3n) is 16.5. The third kappa shape index (κ3) is 63.4. The highest BCUT2D eigenvalue weighted by molar-refractivity contribution is 5.76. The number of unbranched alkanes of at least 4 members (excludes halogenated alkanes) is 53. The van der Waals surface area contributed by atoms with Crippen LogP contribution in [0, 0.1) is 0 Å². The highest BCUT2D eigenvalue weighted by atomic mass is 16.5. The zero-order valence-electron chi connectivity index (χ0n) is 52.2. The van der Waals surface area contributed by atoms with Crippen molar-refractivity contribution in [2.45, 2.75) is 405 Å². The van der Waals surface area contributed by atoms with Crippen LogP contribution < -0.4 is 5.32 Å². The minimum absolute atomic E-state index is 0.00272. The topological polar surface area (TPSA) is 95.9 Å². The maximum Gasteiger partial charge on any atom is 0.305 e. The van der Waals surface area contributed by atoms with Gasteiger partial charge in [-0.1, -0.05) is 346 Å². The Kier molecular flexibility index (Phi) is 65.4. The number of hydrogen-bond acceptors (Lipinski definition) is 5. The molecule has 0 aromatic heterocycles. The molecule has 0 aliphatic carbocycles. The van der Waals surface area contributed by atoms with E-state index in [4.69, 9.17) is 4.74 Å². The fraction of sp³-hybridized carbons (Fsp3) is 0.915. The number of ether oxygens (including phenoxy) is 1. The maximum atomic E-state index is 12.5. The molecule has 0 heterocycles. The van der Waals surface area contributed by atoms with Crippen LogP contribution >= 0.6 is 0 Å². The summed E-state index contributed by atoms with van der Waals surface area (Å²) in [7, 11) is 0. The first-order valence-corrected chi connectivity index (χ1v) is 35.1. The maximum absolute atomic E-state index is 12.5. The number of carbonyl (C=O) groups excluding carboxylic acids is 2. The fourth-order valence-electron chi connectivity index (χ4n) is 11.1. The monoisotopic (exact) mass is 1080 g/mol. The second-order valence-electron chi connectivity index (χ2n) is 24.2. The van der Waals surface area contributed by atoms with Gasteiger partial charge in [0.05, 0.1) is 25.4 Å². The predicted octanol–water partition coefficient (Wildman–Crippen LogP) is 22.5. The Hall–Kier alpha value is -1.66. The van der Waals surface area contributed by atoms with Crippen molar-refractivity contribution in [3.63, 3.8) is 0 Å². The molecule has 0 spiro atoms. The van der Waals surface area contributed by atoms with Crippen molar-refractivity contribution in [2.24, 2.45) is 0 Å². The number of esters is 1. The summed E-state index contributed by atoms with van der Waals surface area (Å²) in [4.78, 5) is 24.6. The molecule has 0 bridgehead atoms. The summed E-state index contributed by atoms with van der Waals surface area (Å²) in [5.41, 5.74) is 0. The van der Waals surface area contributed by atoms with Crippen LogP contribution in [-0.4, -0.2) is 47.4 Å². The van der Waals surface area contributed by atoms with Gasteiger partial charge in [-0.15, -0.1) is 0 Å². The molecule has 0 aliphatic heterocycles. The zero-order chi connectivity index (χ0) is 55.7. The van der Waals surface area contributed by atoms with Gasteiger partial charge in [-0.05, 0) is 57.8 Å². The SMILES string of the molecule is CCCCCCCCCCCCCCCCCCCCCCCCC/C=C/C(O)C(CO)NC(=O)CCCCCCCCC/C=C\CCCCCCCCOC(=O)CCCCCCCCCCCCCCCCCCCC. The molecular weight excluding hydrogens is 947 g/mol. The summed E-state index contributed by atoms with van der Waals surface area (Å²) in [6.45, 7) is 4.93. The van der Waals surface area contributed by atoms with Gasteiger partial charge in [0, 0.05) is 12.8 Å². The van der Waals surface area contributed by atoms with Crippen LogP contribution in [0.25, 0.3) is 0 Å². The quantitative estimate of drug-likeness (QED) is 0.0320. The Morgan fingerprint density at radius 3 is 0.922 bits per heavy atom. The van der Waals surface area contributed by atoms with Crippen molar-refractivity contribution in [1.82, 2.24) is 5.32 Å². The molecule has 0 saturated heterocycles. The summed E-state index contributed by atoms with van der Waals surface area (Å²) in [5, 5.41) is 23.3. The summed E-state index contributed by atoms with van der Waals surface area (Å²) in [6, 6.07) is -0.638. The van der Waals surface area contributed by atoms with Crippen LogP contribution in [0.3, 0.4) is 0 Å². The zero-order valence-corrected chi connectivity index (χ0v) is 52.2. The fourth-order valence-corrected chi connectivity index (χ4v) is 11.1. The summed E-state index contributed by atoms with van der Waals surface area (Å²) < 4.78 is 5.50. The van der Waals surface area contributed by atoms with Gasteiger partial charge >= 0.3 is 5.97 Å². The molecule has 0 radical (unpaired) electrons. The van der Waals surface area contributed by atoms with Crippen LogP contribution in [0.5, 0.6) is 0 Å². The summed E-state index contributed by atoms with van der Waals surface area (Å²) in [6.07, 6.45) is 83.9. The van der Waals surface area contributed by atoms with E-state index in [2.05, 4.69) is 31.3 Å². The first kappa shape index (κ1) is 75.3. The van der Waals surface area contributed by atoms with Gasteiger partial charge in [0.1, 0.15) is 0 Å². The molecule has 456 valence electrons. The lowest BCUT2D eigenvalue weighted by Crippen LogP contribution is -2.45. The largest absolute Gasteiger partial charge is 0.466 e. The van der Waals surface area contributed by atoms with Gasteiger partial charge in [-0.2, -0.15) is 0 Å². The smallest absolute Gasteiger partial charge is 0.305 e. The molecular formula is C71H137NO5. The van der Waals surface area contributed by atoms with Crippen LogP contribution in [0.2, 0.25) is 0 Å². The molecule has 3 N–H and O–H groups in total. The number of aliphatic hydroxyl groups is 2. The molecule has 0 saturated carbocycles. The van der Waals surface area contributed by atoms with Gasteiger partial charge in [0.25, 0.3) is 0 Å². The van der Waals surface area contributed by atoms with Crippen LogP contribution in [0.15, 0.2) is 24.3 Å².